The summed E-state index contributed by atoms with van der Waals surface area (Å²) in [5, 5.41) is 11.7. The molecule has 0 unspecified atom stereocenters. The van der Waals surface area contributed by atoms with Gasteiger partial charge >= 0.3 is 12.5 Å². The molecule has 5 rings (SSSR count). The van der Waals surface area contributed by atoms with Gasteiger partial charge in [-0.1, -0.05) is 12.1 Å². The van der Waals surface area contributed by atoms with Crippen molar-refractivity contribution in [3.63, 3.8) is 0 Å². The Hall–Kier alpha value is -3.94. The summed E-state index contributed by atoms with van der Waals surface area (Å²) < 4.78 is 71.1. The SMILES string of the molecule is Cn1ncc2c(N(Cc3ccc(-c4nnc(C(F)F)o4)cc3F)C(=O)N3CCS(=O)(=O)CC3)cccc21. The minimum atomic E-state index is -3.22. The van der Waals surface area contributed by atoms with E-state index in [1.54, 1.807) is 30.1 Å². The molecule has 0 saturated carbocycles. The Labute approximate surface area is 209 Å². The Morgan fingerprint density at radius 1 is 1.16 bits per heavy atom. The van der Waals surface area contributed by atoms with E-state index in [1.165, 1.54) is 21.9 Å². The average Bonchev–Trinajstić information content (AvgIpc) is 3.51. The third-order valence-corrected chi connectivity index (χ3v) is 7.77. The summed E-state index contributed by atoms with van der Waals surface area (Å²) in [7, 11) is -1.47. The summed E-state index contributed by atoms with van der Waals surface area (Å²) in [6.45, 7) is -0.147. The van der Waals surface area contributed by atoms with Gasteiger partial charge in [-0.25, -0.2) is 17.6 Å². The van der Waals surface area contributed by atoms with Crippen LogP contribution in [0.2, 0.25) is 0 Å². The van der Waals surface area contributed by atoms with Crippen LogP contribution in [0, 0.1) is 5.82 Å². The molecule has 1 aliphatic rings. The summed E-state index contributed by atoms with van der Waals surface area (Å²) in [5.41, 5.74) is 1.47. The van der Waals surface area contributed by atoms with Crippen molar-refractivity contribution >= 4 is 32.5 Å². The lowest BCUT2D eigenvalue weighted by Crippen LogP contribution is -2.49. The standard InChI is InChI=1S/C23H21F3N6O4S/c1-30-18-3-2-4-19(16(18)12-27-30)32(23(33)31-7-9-37(34,35)10-8-31)13-15-6-5-14(11-17(15)24)21-28-29-22(36-21)20(25)26/h2-6,11-12,20H,7-10,13H2,1H3. The van der Waals surface area contributed by atoms with E-state index in [0.717, 1.165) is 11.6 Å². The highest BCUT2D eigenvalue weighted by molar-refractivity contribution is 7.91. The number of urea groups is 1. The number of halogens is 3. The fourth-order valence-corrected chi connectivity index (χ4v) is 5.35. The van der Waals surface area contributed by atoms with Gasteiger partial charge < -0.3 is 9.32 Å². The molecule has 2 aromatic heterocycles. The van der Waals surface area contributed by atoms with E-state index in [0.29, 0.717) is 11.1 Å². The van der Waals surface area contributed by atoms with Crippen LogP contribution in [0.15, 0.2) is 47.0 Å². The second kappa shape index (κ2) is 9.50. The highest BCUT2D eigenvalue weighted by Gasteiger charge is 2.30. The molecular formula is C23H21F3N6O4S. The first-order chi connectivity index (χ1) is 17.6. The van der Waals surface area contributed by atoms with Crippen molar-refractivity contribution in [1.82, 2.24) is 24.9 Å². The van der Waals surface area contributed by atoms with E-state index in [-0.39, 0.29) is 48.2 Å². The Bertz CT molecular complexity index is 1570. The maximum Gasteiger partial charge on any atom is 0.324 e. The quantitative estimate of drug-likeness (QED) is 0.385. The summed E-state index contributed by atoms with van der Waals surface area (Å²) in [6, 6.07) is 8.71. The molecule has 0 atom stereocenters. The molecular weight excluding hydrogens is 513 g/mol. The van der Waals surface area contributed by atoms with Gasteiger partial charge in [0.2, 0.25) is 5.89 Å². The summed E-state index contributed by atoms with van der Waals surface area (Å²) in [5.74, 6) is -2.16. The first-order valence-corrected chi connectivity index (χ1v) is 13.0. The zero-order valence-corrected chi connectivity index (χ0v) is 20.3. The topological polar surface area (TPSA) is 114 Å². The molecule has 0 radical (unpaired) electrons. The van der Waals surface area contributed by atoms with E-state index < -0.39 is 34.0 Å². The smallest absolute Gasteiger partial charge is 0.324 e. The number of amides is 2. The van der Waals surface area contributed by atoms with Gasteiger partial charge in [0, 0.05) is 36.7 Å². The minimum absolute atomic E-state index is 0.0196. The van der Waals surface area contributed by atoms with Crippen LogP contribution in [0.3, 0.4) is 0 Å². The molecule has 1 fully saturated rings. The number of hydrogen-bond donors (Lipinski definition) is 0. The minimum Gasteiger partial charge on any atom is -0.415 e. The molecule has 0 bridgehead atoms. The number of carbonyl (C=O) groups is 1. The van der Waals surface area contributed by atoms with Crippen LogP contribution in [-0.2, 0) is 23.4 Å². The second-order valence-corrected chi connectivity index (χ2v) is 10.8. The molecule has 3 heterocycles. The summed E-state index contributed by atoms with van der Waals surface area (Å²) in [4.78, 5) is 16.4. The lowest BCUT2D eigenvalue weighted by atomic mass is 10.1. The Balaban J connectivity index is 1.50. The van der Waals surface area contributed by atoms with Crippen molar-refractivity contribution in [2.45, 2.75) is 13.0 Å². The largest absolute Gasteiger partial charge is 0.415 e. The summed E-state index contributed by atoms with van der Waals surface area (Å²) in [6.07, 6.45) is -1.36. The average molecular weight is 535 g/mol. The highest BCUT2D eigenvalue weighted by Crippen LogP contribution is 2.31. The number of nitrogens with zero attached hydrogens (tertiary/aromatic N) is 6. The molecule has 194 valence electrons. The molecule has 0 N–H and O–H groups in total. The van der Waals surface area contributed by atoms with Gasteiger partial charge in [0.15, 0.2) is 9.84 Å². The van der Waals surface area contributed by atoms with Crippen molar-refractivity contribution in [1.29, 1.82) is 0 Å². The third-order valence-electron chi connectivity index (χ3n) is 6.16. The zero-order valence-electron chi connectivity index (χ0n) is 19.5. The lowest BCUT2D eigenvalue weighted by Gasteiger charge is -2.33. The fraction of sp³-hybridized carbons (Fsp3) is 0.304. The van der Waals surface area contributed by atoms with Gasteiger partial charge in [0.25, 0.3) is 5.89 Å². The van der Waals surface area contributed by atoms with Gasteiger partial charge in [0.1, 0.15) is 5.82 Å². The summed E-state index contributed by atoms with van der Waals surface area (Å²) >= 11 is 0. The first kappa shape index (κ1) is 24.7. The van der Waals surface area contributed by atoms with Crippen molar-refractivity contribution in [3.8, 4) is 11.5 Å². The van der Waals surface area contributed by atoms with Crippen LogP contribution in [0.5, 0.6) is 0 Å². The normalized spacial score (nSPS) is 15.4. The van der Waals surface area contributed by atoms with Crippen molar-refractivity contribution in [3.05, 3.63) is 59.9 Å². The van der Waals surface area contributed by atoms with Crippen molar-refractivity contribution in [2.75, 3.05) is 29.5 Å². The van der Waals surface area contributed by atoms with Crippen molar-refractivity contribution < 1.29 is 30.8 Å². The maximum atomic E-state index is 15.2. The molecule has 10 nitrogen and oxygen atoms in total. The highest BCUT2D eigenvalue weighted by atomic mass is 32.2. The predicted molar refractivity (Wildman–Crippen MR) is 127 cm³/mol. The molecule has 0 aliphatic carbocycles. The molecule has 0 spiro atoms. The predicted octanol–water partition coefficient (Wildman–Crippen LogP) is 3.56. The van der Waals surface area contributed by atoms with Crippen LogP contribution in [0.4, 0.5) is 23.7 Å². The van der Waals surface area contributed by atoms with E-state index >= 15 is 4.39 Å². The van der Waals surface area contributed by atoms with Crippen LogP contribution >= 0.6 is 0 Å². The van der Waals surface area contributed by atoms with Gasteiger partial charge in [-0.15, -0.1) is 10.2 Å². The number of carbonyl (C=O) groups excluding carboxylic acids is 1. The maximum absolute atomic E-state index is 15.2. The Morgan fingerprint density at radius 3 is 2.59 bits per heavy atom. The van der Waals surface area contributed by atoms with Crippen LogP contribution in [-0.4, -0.2) is 63.9 Å². The molecule has 2 amide bonds. The van der Waals surface area contributed by atoms with Crippen LogP contribution < -0.4 is 4.90 Å². The number of aromatic nitrogens is 4. The Morgan fingerprint density at radius 2 is 1.92 bits per heavy atom. The number of benzene rings is 2. The molecule has 1 saturated heterocycles. The number of hydrogen-bond acceptors (Lipinski definition) is 7. The first-order valence-electron chi connectivity index (χ1n) is 11.2. The molecule has 14 heteroatoms. The second-order valence-electron chi connectivity index (χ2n) is 8.54. The number of sulfone groups is 1. The fourth-order valence-electron chi connectivity index (χ4n) is 4.15. The number of alkyl halides is 2. The third kappa shape index (κ3) is 4.88. The van der Waals surface area contributed by atoms with E-state index in [9.17, 15) is 22.0 Å². The monoisotopic (exact) mass is 534 g/mol. The number of fused-ring (bicyclic) bond motifs is 1. The zero-order chi connectivity index (χ0) is 26.3. The molecule has 2 aromatic carbocycles. The van der Waals surface area contributed by atoms with E-state index in [4.69, 9.17) is 4.42 Å². The number of aryl methyl sites for hydroxylation is 1. The van der Waals surface area contributed by atoms with E-state index in [2.05, 4.69) is 15.3 Å². The number of anilines is 1. The van der Waals surface area contributed by atoms with Crippen LogP contribution in [0.1, 0.15) is 17.9 Å². The lowest BCUT2D eigenvalue weighted by molar-refractivity contribution is 0.116. The van der Waals surface area contributed by atoms with Gasteiger partial charge in [0.05, 0.1) is 35.5 Å². The van der Waals surface area contributed by atoms with Gasteiger partial charge in [-0.2, -0.15) is 13.9 Å². The molecule has 1 aliphatic heterocycles. The molecule has 37 heavy (non-hydrogen) atoms. The van der Waals surface area contributed by atoms with E-state index in [1.807, 2.05) is 6.07 Å². The van der Waals surface area contributed by atoms with Crippen LogP contribution in [0.25, 0.3) is 22.4 Å². The number of rotatable bonds is 5. The van der Waals surface area contributed by atoms with Gasteiger partial charge in [-0.3, -0.25) is 9.58 Å². The van der Waals surface area contributed by atoms with Gasteiger partial charge in [-0.05, 0) is 24.3 Å². The molecule has 4 aromatic rings. The van der Waals surface area contributed by atoms with Crippen molar-refractivity contribution in [2.24, 2.45) is 7.05 Å². The Kier molecular flexibility index (Phi) is 6.35.